The second kappa shape index (κ2) is 8.05. The van der Waals surface area contributed by atoms with Crippen molar-refractivity contribution in [2.24, 2.45) is 5.10 Å². The van der Waals surface area contributed by atoms with Gasteiger partial charge in [0.05, 0.1) is 24.9 Å². The number of hydrogen-bond donors (Lipinski definition) is 2. The monoisotopic (exact) mass is 333 g/mol. The van der Waals surface area contributed by atoms with Gasteiger partial charge in [0, 0.05) is 11.8 Å². The third-order valence-electron chi connectivity index (χ3n) is 3.20. The fourth-order valence-corrected chi connectivity index (χ4v) is 2.00. The molecule has 24 heavy (non-hydrogen) atoms. The summed E-state index contributed by atoms with van der Waals surface area (Å²) < 4.78 is 32.3. The largest absolute Gasteiger partial charge is 0.497 e. The molecule has 0 spiro atoms. The molecule has 7 heteroatoms. The number of carbonyl (C=O) groups is 1. The van der Waals surface area contributed by atoms with E-state index in [9.17, 15) is 13.6 Å². The summed E-state index contributed by atoms with van der Waals surface area (Å²) in [4.78, 5) is 11.8. The summed E-state index contributed by atoms with van der Waals surface area (Å²) in [5, 5.41) is 6.63. The van der Waals surface area contributed by atoms with Gasteiger partial charge in [-0.05, 0) is 31.2 Å². The van der Waals surface area contributed by atoms with Gasteiger partial charge in [0.2, 0.25) is 0 Å². The molecule has 0 radical (unpaired) electrons. The number of halogens is 2. The highest BCUT2D eigenvalue weighted by Gasteiger charge is 2.11. The molecule has 0 heterocycles. The zero-order valence-corrected chi connectivity index (χ0v) is 13.3. The van der Waals surface area contributed by atoms with Gasteiger partial charge in [-0.3, -0.25) is 4.79 Å². The number of nitrogens with zero attached hydrogens (tertiary/aromatic N) is 1. The SMILES string of the molecule is COc1cccc(NCC(=O)N/N=C(/C)c2c(F)cccc2F)c1. The molecule has 0 unspecified atom stereocenters. The first kappa shape index (κ1) is 17.4. The van der Waals surface area contributed by atoms with Crippen LogP contribution in [-0.4, -0.2) is 25.3 Å². The van der Waals surface area contributed by atoms with Crippen LogP contribution in [0.15, 0.2) is 47.6 Å². The fraction of sp³-hybridized carbons (Fsp3) is 0.176. The Morgan fingerprint density at radius 3 is 2.50 bits per heavy atom. The van der Waals surface area contributed by atoms with Crippen molar-refractivity contribution in [1.82, 2.24) is 5.43 Å². The van der Waals surface area contributed by atoms with E-state index in [1.807, 2.05) is 0 Å². The van der Waals surface area contributed by atoms with Crippen molar-refractivity contribution in [2.75, 3.05) is 19.0 Å². The summed E-state index contributed by atoms with van der Waals surface area (Å²) in [6, 6.07) is 10.6. The van der Waals surface area contributed by atoms with Crippen LogP contribution in [0.4, 0.5) is 14.5 Å². The van der Waals surface area contributed by atoms with E-state index in [-0.39, 0.29) is 17.8 Å². The van der Waals surface area contributed by atoms with Gasteiger partial charge in [0.1, 0.15) is 17.4 Å². The van der Waals surface area contributed by atoms with Crippen LogP contribution >= 0.6 is 0 Å². The Labute approximate surface area is 138 Å². The first-order chi connectivity index (χ1) is 11.5. The van der Waals surface area contributed by atoms with Crippen molar-refractivity contribution in [3.05, 3.63) is 59.7 Å². The van der Waals surface area contributed by atoms with Gasteiger partial charge >= 0.3 is 0 Å². The molecular weight excluding hydrogens is 316 g/mol. The Morgan fingerprint density at radius 2 is 1.83 bits per heavy atom. The maximum atomic E-state index is 13.6. The maximum absolute atomic E-state index is 13.6. The summed E-state index contributed by atoms with van der Waals surface area (Å²) in [6.07, 6.45) is 0. The average Bonchev–Trinajstić information content (AvgIpc) is 2.58. The van der Waals surface area contributed by atoms with Gasteiger partial charge in [-0.1, -0.05) is 12.1 Å². The van der Waals surface area contributed by atoms with E-state index in [1.165, 1.54) is 13.0 Å². The predicted molar refractivity (Wildman–Crippen MR) is 88.2 cm³/mol. The minimum absolute atomic E-state index is 0.0420. The van der Waals surface area contributed by atoms with Crippen LogP contribution in [-0.2, 0) is 4.79 Å². The number of methoxy groups -OCH3 is 1. The lowest BCUT2D eigenvalue weighted by atomic mass is 10.1. The summed E-state index contributed by atoms with van der Waals surface area (Å²) in [5.74, 6) is -1.27. The molecule has 0 atom stereocenters. The minimum Gasteiger partial charge on any atom is -0.497 e. The van der Waals surface area contributed by atoms with Gasteiger partial charge < -0.3 is 10.1 Å². The van der Waals surface area contributed by atoms with Crippen LogP contribution in [0.3, 0.4) is 0 Å². The lowest BCUT2D eigenvalue weighted by molar-refractivity contribution is -0.119. The van der Waals surface area contributed by atoms with Crippen molar-refractivity contribution in [3.63, 3.8) is 0 Å². The van der Waals surface area contributed by atoms with Crippen LogP contribution < -0.4 is 15.5 Å². The summed E-state index contributed by atoms with van der Waals surface area (Å²) in [6.45, 7) is 1.36. The number of hydrogen-bond acceptors (Lipinski definition) is 4. The fourth-order valence-electron chi connectivity index (χ4n) is 2.00. The van der Waals surface area contributed by atoms with E-state index in [0.29, 0.717) is 11.4 Å². The molecule has 0 bridgehead atoms. The number of rotatable bonds is 6. The molecule has 0 aliphatic heterocycles. The zero-order valence-electron chi connectivity index (χ0n) is 13.3. The molecule has 0 saturated heterocycles. The van der Waals surface area contributed by atoms with Crippen LogP contribution in [0.25, 0.3) is 0 Å². The van der Waals surface area contributed by atoms with Crippen LogP contribution in [0.1, 0.15) is 12.5 Å². The Morgan fingerprint density at radius 1 is 1.17 bits per heavy atom. The molecule has 1 amide bonds. The van der Waals surface area contributed by atoms with Gasteiger partial charge in [0.15, 0.2) is 0 Å². The first-order valence-electron chi connectivity index (χ1n) is 7.16. The molecule has 2 aromatic rings. The van der Waals surface area contributed by atoms with Gasteiger partial charge in [-0.15, -0.1) is 0 Å². The lowest BCUT2D eigenvalue weighted by Gasteiger charge is -2.08. The number of carbonyl (C=O) groups excluding carboxylic acids is 1. The maximum Gasteiger partial charge on any atom is 0.259 e. The third kappa shape index (κ3) is 4.52. The summed E-state index contributed by atoms with van der Waals surface area (Å²) in [5.41, 5.74) is 2.73. The summed E-state index contributed by atoms with van der Waals surface area (Å²) >= 11 is 0. The second-order valence-electron chi connectivity index (χ2n) is 4.91. The van der Waals surface area contributed by atoms with E-state index in [2.05, 4.69) is 15.8 Å². The quantitative estimate of drug-likeness (QED) is 0.631. The van der Waals surface area contributed by atoms with E-state index < -0.39 is 17.5 Å². The van der Waals surface area contributed by atoms with Gasteiger partial charge in [0.25, 0.3) is 5.91 Å². The molecule has 0 aliphatic rings. The Bertz CT molecular complexity index is 743. The van der Waals surface area contributed by atoms with E-state index in [1.54, 1.807) is 31.4 Å². The van der Waals surface area contributed by atoms with Crippen LogP contribution in [0.2, 0.25) is 0 Å². The van der Waals surface area contributed by atoms with E-state index >= 15 is 0 Å². The molecule has 2 N–H and O–H groups in total. The second-order valence-corrected chi connectivity index (χ2v) is 4.91. The lowest BCUT2D eigenvalue weighted by Crippen LogP contribution is -2.27. The van der Waals surface area contributed by atoms with Crippen LogP contribution in [0, 0.1) is 11.6 Å². The molecule has 2 aromatic carbocycles. The highest BCUT2D eigenvalue weighted by Crippen LogP contribution is 2.16. The first-order valence-corrected chi connectivity index (χ1v) is 7.16. The van der Waals surface area contributed by atoms with Gasteiger partial charge in [-0.25, -0.2) is 14.2 Å². The normalized spacial score (nSPS) is 11.1. The highest BCUT2D eigenvalue weighted by molar-refractivity contribution is 5.99. The minimum atomic E-state index is -0.736. The van der Waals surface area contributed by atoms with Crippen molar-refractivity contribution in [3.8, 4) is 5.75 Å². The average molecular weight is 333 g/mol. The number of hydrazone groups is 1. The van der Waals surface area contributed by atoms with Crippen molar-refractivity contribution >= 4 is 17.3 Å². The number of nitrogens with one attached hydrogen (secondary N) is 2. The smallest absolute Gasteiger partial charge is 0.259 e. The number of anilines is 1. The van der Waals surface area contributed by atoms with Gasteiger partial charge in [-0.2, -0.15) is 5.10 Å². The van der Waals surface area contributed by atoms with E-state index in [4.69, 9.17) is 4.74 Å². The molecule has 0 aromatic heterocycles. The Balaban J connectivity index is 1.94. The van der Waals surface area contributed by atoms with Crippen molar-refractivity contribution < 1.29 is 18.3 Å². The number of ether oxygens (including phenoxy) is 1. The molecule has 2 rings (SSSR count). The third-order valence-corrected chi connectivity index (χ3v) is 3.20. The zero-order chi connectivity index (χ0) is 17.5. The van der Waals surface area contributed by atoms with Crippen molar-refractivity contribution in [2.45, 2.75) is 6.92 Å². The number of benzene rings is 2. The summed E-state index contributed by atoms with van der Waals surface area (Å²) in [7, 11) is 1.55. The number of amides is 1. The molecule has 0 fully saturated rings. The topological polar surface area (TPSA) is 62.7 Å². The van der Waals surface area contributed by atoms with Crippen LogP contribution in [0.5, 0.6) is 5.75 Å². The molecular formula is C17H17F2N3O2. The van der Waals surface area contributed by atoms with Crippen molar-refractivity contribution in [1.29, 1.82) is 0 Å². The molecule has 5 nitrogen and oxygen atoms in total. The highest BCUT2D eigenvalue weighted by atomic mass is 19.1. The standard InChI is InChI=1S/C17H17F2N3O2/c1-11(17-14(18)7-4-8-15(17)19)21-22-16(23)10-20-12-5-3-6-13(9-12)24-2/h3-9,20H,10H2,1-2H3,(H,22,23)/b21-11-. The molecule has 126 valence electrons. The molecule has 0 aliphatic carbocycles. The Kier molecular flexibility index (Phi) is 5.83. The molecule has 0 saturated carbocycles. The predicted octanol–water partition coefficient (Wildman–Crippen LogP) is 2.93. The Hall–Kier alpha value is -2.96. The van der Waals surface area contributed by atoms with E-state index in [0.717, 1.165) is 12.1 Å².